The van der Waals surface area contributed by atoms with Crippen molar-refractivity contribution in [3.05, 3.63) is 83.4 Å². The summed E-state index contributed by atoms with van der Waals surface area (Å²) in [5, 5.41) is 11.3. The molecule has 6 heteroatoms. The normalized spacial score (nSPS) is 11.9. The van der Waals surface area contributed by atoms with Crippen LogP contribution in [0.4, 0.5) is 4.39 Å². The number of aromatic nitrogens is 3. The summed E-state index contributed by atoms with van der Waals surface area (Å²) in [7, 11) is 0. The van der Waals surface area contributed by atoms with Crippen LogP contribution < -0.4 is 5.32 Å². The largest absolute Gasteiger partial charge is 0.347 e. The lowest BCUT2D eigenvalue weighted by Gasteiger charge is -2.19. The van der Waals surface area contributed by atoms with Crippen LogP contribution in [0.1, 0.15) is 29.2 Å². The first kappa shape index (κ1) is 17.8. The molecular weight excluding hydrogens is 331 g/mol. The molecule has 1 aromatic heterocycles. The number of aryl methyl sites for hydroxylation is 2. The fourth-order valence-electron chi connectivity index (χ4n) is 2.81. The third kappa shape index (κ3) is 4.75. The Morgan fingerprint density at radius 2 is 1.88 bits per heavy atom. The molecule has 0 aliphatic heterocycles. The first-order valence-electron chi connectivity index (χ1n) is 8.55. The lowest BCUT2D eigenvalue weighted by atomic mass is 10.0. The van der Waals surface area contributed by atoms with Crippen LogP contribution in [0.3, 0.4) is 0 Å². The molecule has 1 amide bonds. The summed E-state index contributed by atoms with van der Waals surface area (Å²) in [6.07, 6.45) is 4.12. The minimum atomic E-state index is -0.228. The molecule has 0 saturated carbocycles. The SMILES string of the molecule is Cc1cc(CCC(=O)NC(Cn2nccn2)c2ccccc2)ccc1F. The second-order valence-electron chi connectivity index (χ2n) is 6.20. The zero-order valence-electron chi connectivity index (χ0n) is 14.6. The van der Waals surface area contributed by atoms with E-state index in [1.807, 2.05) is 30.3 Å². The van der Waals surface area contributed by atoms with Crippen molar-refractivity contribution in [3.63, 3.8) is 0 Å². The molecule has 3 aromatic rings. The number of nitrogens with one attached hydrogen (secondary N) is 1. The maximum Gasteiger partial charge on any atom is 0.220 e. The van der Waals surface area contributed by atoms with Crippen molar-refractivity contribution in [2.75, 3.05) is 0 Å². The summed E-state index contributed by atoms with van der Waals surface area (Å²) in [6.45, 7) is 2.18. The number of amides is 1. The summed E-state index contributed by atoms with van der Waals surface area (Å²) < 4.78 is 13.3. The summed E-state index contributed by atoms with van der Waals surface area (Å²) in [6, 6.07) is 14.5. The fraction of sp³-hybridized carbons (Fsp3) is 0.250. The smallest absolute Gasteiger partial charge is 0.220 e. The number of nitrogens with zero attached hydrogens (tertiary/aromatic N) is 3. The third-order valence-electron chi connectivity index (χ3n) is 4.21. The highest BCUT2D eigenvalue weighted by Gasteiger charge is 2.16. The van der Waals surface area contributed by atoms with Crippen LogP contribution in [0.5, 0.6) is 0 Å². The summed E-state index contributed by atoms with van der Waals surface area (Å²) in [4.78, 5) is 14.0. The van der Waals surface area contributed by atoms with Gasteiger partial charge in [-0.15, -0.1) is 0 Å². The van der Waals surface area contributed by atoms with Crippen molar-refractivity contribution < 1.29 is 9.18 Å². The van der Waals surface area contributed by atoms with Crippen molar-refractivity contribution >= 4 is 5.91 Å². The van der Waals surface area contributed by atoms with Crippen molar-refractivity contribution in [2.45, 2.75) is 32.4 Å². The van der Waals surface area contributed by atoms with Gasteiger partial charge in [-0.05, 0) is 36.1 Å². The zero-order valence-corrected chi connectivity index (χ0v) is 14.6. The zero-order chi connectivity index (χ0) is 18.4. The number of benzene rings is 2. The monoisotopic (exact) mass is 352 g/mol. The van der Waals surface area contributed by atoms with Crippen molar-refractivity contribution in [1.29, 1.82) is 0 Å². The van der Waals surface area contributed by atoms with E-state index in [1.165, 1.54) is 6.07 Å². The standard InChI is InChI=1S/C20H21FN4O/c1-15-13-16(7-9-18(15)21)8-10-20(26)24-19(14-25-22-11-12-23-25)17-5-3-2-4-6-17/h2-7,9,11-13,19H,8,10,14H2,1H3,(H,24,26). The van der Waals surface area contributed by atoms with Crippen molar-refractivity contribution in [3.8, 4) is 0 Å². The Morgan fingerprint density at radius 1 is 1.15 bits per heavy atom. The van der Waals surface area contributed by atoms with Crippen LogP contribution >= 0.6 is 0 Å². The van der Waals surface area contributed by atoms with Gasteiger partial charge in [0, 0.05) is 6.42 Å². The van der Waals surface area contributed by atoms with Crippen LogP contribution in [-0.2, 0) is 17.8 Å². The molecule has 0 aliphatic carbocycles. The molecule has 0 saturated heterocycles. The second kappa shape index (κ2) is 8.38. The van der Waals surface area contributed by atoms with E-state index < -0.39 is 0 Å². The van der Waals surface area contributed by atoms with Crippen LogP contribution in [0.25, 0.3) is 0 Å². The predicted molar refractivity (Wildman–Crippen MR) is 96.8 cm³/mol. The Morgan fingerprint density at radius 3 is 2.58 bits per heavy atom. The Labute approximate surface area is 151 Å². The fourth-order valence-corrected chi connectivity index (χ4v) is 2.81. The summed E-state index contributed by atoms with van der Waals surface area (Å²) in [5.41, 5.74) is 2.54. The van der Waals surface area contributed by atoms with Gasteiger partial charge in [-0.25, -0.2) is 4.39 Å². The molecule has 5 nitrogen and oxygen atoms in total. The number of hydrogen-bond donors (Lipinski definition) is 1. The third-order valence-corrected chi connectivity index (χ3v) is 4.21. The van der Waals surface area contributed by atoms with Gasteiger partial charge in [0.1, 0.15) is 5.82 Å². The Hall–Kier alpha value is -3.02. The van der Waals surface area contributed by atoms with Crippen LogP contribution in [0, 0.1) is 12.7 Å². The molecule has 1 atom stereocenters. The van der Waals surface area contributed by atoms with Crippen LogP contribution in [-0.4, -0.2) is 20.9 Å². The molecule has 3 rings (SSSR count). The average Bonchev–Trinajstić information content (AvgIpc) is 3.16. The molecular formula is C20H21FN4O. The molecule has 1 heterocycles. The molecule has 134 valence electrons. The predicted octanol–water partition coefficient (Wildman–Crippen LogP) is 3.22. The minimum Gasteiger partial charge on any atom is -0.347 e. The maximum absolute atomic E-state index is 13.3. The molecule has 1 unspecified atom stereocenters. The Kier molecular flexibility index (Phi) is 5.73. The maximum atomic E-state index is 13.3. The lowest BCUT2D eigenvalue weighted by molar-refractivity contribution is -0.121. The van der Waals surface area contributed by atoms with E-state index in [0.29, 0.717) is 24.9 Å². The minimum absolute atomic E-state index is 0.0620. The van der Waals surface area contributed by atoms with Gasteiger partial charge in [-0.1, -0.05) is 42.5 Å². The van der Waals surface area contributed by atoms with Gasteiger partial charge in [-0.3, -0.25) is 4.79 Å². The van der Waals surface area contributed by atoms with E-state index in [0.717, 1.165) is 11.1 Å². The van der Waals surface area contributed by atoms with E-state index in [9.17, 15) is 9.18 Å². The average molecular weight is 352 g/mol. The van der Waals surface area contributed by atoms with Gasteiger partial charge in [0.2, 0.25) is 5.91 Å². The van der Waals surface area contributed by atoms with E-state index >= 15 is 0 Å². The first-order valence-corrected chi connectivity index (χ1v) is 8.55. The Balaban J connectivity index is 1.64. The Bertz CT molecular complexity index is 850. The van der Waals surface area contributed by atoms with Crippen molar-refractivity contribution in [1.82, 2.24) is 20.3 Å². The van der Waals surface area contributed by atoms with Gasteiger partial charge in [0.15, 0.2) is 0 Å². The number of hydrogen-bond acceptors (Lipinski definition) is 3. The number of rotatable bonds is 7. The number of carbonyl (C=O) groups excluding carboxylic acids is 1. The van der Waals surface area contributed by atoms with E-state index in [-0.39, 0.29) is 17.8 Å². The molecule has 0 spiro atoms. The molecule has 26 heavy (non-hydrogen) atoms. The highest BCUT2D eigenvalue weighted by Crippen LogP contribution is 2.15. The van der Waals surface area contributed by atoms with Crippen LogP contribution in [0.2, 0.25) is 0 Å². The van der Waals surface area contributed by atoms with E-state index in [2.05, 4.69) is 15.5 Å². The molecule has 0 aliphatic rings. The topological polar surface area (TPSA) is 59.8 Å². The van der Waals surface area contributed by atoms with Crippen LogP contribution in [0.15, 0.2) is 60.9 Å². The van der Waals surface area contributed by atoms with Gasteiger partial charge in [-0.2, -0.15) is 15.0 Å². The quantitative estimate of drug-likeness (QED) is 0.710. The number of carbonyl (C=O) groups is 1. The molecule has 1 N–H and O–H groups in total. The van der Waals surface area contributed by atoms with E-state index in [4.69, 9.17) is 0 Å². The molecule has 0 bridgehead atoms. The highest BCUT2D eigenvalue weighted by molar-refractivity contribution is 5.76. The van der Waals surface area contributed by atoms with E-state index in [1.54, 1.807) is 36.2 Å². The lowest BCUT2D eigenvalue weighted by Crippen LogP contribution is -2.32. The summed E-state index contributed by atoms with van der Waals surface area (Å²) in [5.74, 6) is -0.290. The first-order chi connectivity index (χ1) is 12.6. The molecule has 0 radical (unpaired) electrons. The van der Waals surface area contributed by atoms with Gasteiger partial charge in [0.05, 0.1) is 25.0 Å². The van der Waals surface area contributed by atoms with Gasteiger partial charge < -0.3 is 5.32 Å². The number of halogens is 1. The molecule has 2 aromatic carbocycles. The summed E-state index contributed by atoms with van der Waals surface area (Å²) >= 11 is 0. The van der Waals surface area contributed by atoms with Crippen molar-refractivity contribution in [2.24, 2.45) is 0 Å². The van der Waals surface area contributed by atoms with Gasteiger partial charge >= 0.3 is 0 Å². The second-order valence-corrected chi connectivity index (χ2v) is 6.20. The molecule has 0 fully saturated rings. The highest BCUT2D eigenvalue weighted by atomic mass is 19.1. The van der Waals surface area contributed by atoms with Gasteiger partial charge in [0.25, 0.3) is 0 Å².